The molecule has 160 valence electrons. The van der Waals surface area contributed by atoms with Crippen molar-refractivity contribution in [3.63, 3.8) is 0 Å². The van der Waals surface area contributed by atoms with Gasteiger partial charge in [0.2, 0.25) is 11.8 Å². The van der Waals surface area contributed by atoms with Crippen LogP contribution in [0.5, 0.6) is 11.5 Å². The lowest BCUT2D eigenvalue weighted by Crippen LogP contribution is -2.14. The number of thioether (sulfide) groups is 1. The highest BCUT2D eigenvalue weighted by molar-refractivity contribution is 8.00. The van der Waals surface area contributed by atoms with E-state index in [-0.39, 0.29) is 17.6 Å². The average molecular weight is 437 g/mol. The second-order valence-electron chi connectivity index (χ2n) is 6.67. The Morgan fingerprint density at radius 1 is 0.774 bits per heavy atom. The number of hydrogen-bond acceptors (Lipinski definition) is 5. The average Bonchev–Trinajstić information content (AvgIpc) is 2.79. The number of methoxy groups -OCH3 is 2. The predicted molar refractivity (Wildman–Crippen MR) is 124 cm³/mol. The number of rotatable bonds is 9. The maximum atomic E-state index is 12.3. The van der Waals surface area contributed by atoms with Crippen molar-refractivity contribution < 1.29 is 19.1 Å². The van der Waals surface area contributed by atoms with Crippen LogP contribution in [0.3, 0.4) is 0 Å². The molecule has 0 aliphatic rings. The van der Waals surface area contributed by atoms with E-state index in [1.165, 1.54) is 11.8 Å². The van der Waals surface area contributed by atoms with Gasteiger partial charge in [0.1, 0.15) is 11.5 Å². The molecule has 3 rings (SSSR count). The monoisotopic (exact) mass is 436 g/mol. The standard InChI is InChI=1S/C24H24N2O4S/c1-29-20-13-19(14-21(15-20)30-2)26-24(28)16-31-22-10-8-18(9-11-22)25-23(27)12-17-6-4-3-5-7-17/h3-11,13-15H,12,16H2,1-2H3,(H,25,27)(H,26,28). The largest absolute Gasteiger partial charge is 0.497 e. The summed E-state index contributed by atoms with van der Waals surface area (Å²) in [5.41, 5.74) is 2.29. The Morgan fingerprint density at radius 3 is 2.00 bits per heavy atom. The van der Waals surface area contributed by atoms with Crippen LogP contribution in [0.2, 0.25) is 0 Å². The summed E-state index contributed by atoms with van der Waals surface area (Å²) < 4.78 is 10.4. The third-order valence-corrected chi connectivity index (χ3v) is 5.36. The zero-order chi connectivity index (χ0) is 22.1. The molecule has 0 bridgehead atoms. The molecule has 2 amide bonds. The van der Waals surface area contributed by atoms with E-state index in [9.17, 15) is 9.59 Å². The minimum Gasteiger partial charge on any atom is -0.497 e. The molecule has 0 atom stereocenters. The first kappa shape index (κ1) is 22.2. The number of anilines is 2. The highest BCUT2D eigenvalue weighted by atomic mass is 32.2. The fourth-order valence-corrected chi connectivity index (χ4v) is 3.54. The smallest absolute Gasteiger partial charge is 0.234 e. The highest BCUT2D eigenvalue weighted by Crippen LogP contribution is 2.26. The summed E-state index contributed by atoms with van der Waals surface area (Å²) in [5.74, 6) is 1.25. The van der Waals surface area contributed by atoms with Crippen LogP contribution in [-0.4, -0.2) is 31.8 Å². The zero-order valence-electron chi connectivity index (χ0n) is 17.4. The molecule has 31 heavy (non-hydrogen) atoms. The third-order valence-electron chi connectivity index (χ3n) is 4.35. The summed E-state index contributed by atoms with van der Waals surface area (Å²) in [6.07, 6.45) is 0.326. The van der Waals surface area contributed by atoms with Crippen LogP contribution >= 0.6 is 11.8 Å². The Morgan fingerprint density at radius 2 is 1.39 bits per heavy atom. The van der Waals surface area contributed by atoms with Crippen molar-refractivity contribution in [2.24, 2.45) is 0 Å². The molecular weight excluding hydrogens is 412 g/mol. The van der Waals surface area contributed by atoms with E-state index < -0.39 is 0 Å². The molecule has 0 aliphatic carbocycles. The fraction of sp³-hybridized carbons (Fsp3) is 0.167. The van der Waals surface area contributed by atoms with Crippen molar-refractivity contribution in [2.75, 3.05) is 30.6 Å². The summed E-state index contributed by atoms with van der Waals surface area (Å²) in [5, 5.41) is 5.73. The molecule has 0 aromatic heterocycles. The molecule has 0 heterocycles. The molecular formula is C24H24N2O4S. The summed E-state index contributed by atoms with van der Waals surface area (Å²) >= 11 is 1.41. The molecule has 0 unspecified atom stereocenters. The van der Waals surface area contributed by atoms with Gasteiger partial charge >= 0.3 is 0 Å². The second kappa shape index (κ2) is 11.1. The van der Waals surface area contributed by atoms with Crippen LogP contribution in [0.4, 0.5) is 11.4 Å². The van der Waals surface area contributed by atoms with Gasteiger partial charge in [0.15, 0.2) is 0 Å². The molecule has 0 spiro atoms. The van der Waals surface area contributed by atoms with Crippen molar-refractivity contribution in [3.8, 4) is 11.5 Å². The normalized spacial score (nSPS) is 10.3. The summed E-state index contributed by atoms with van der Waals surface area (Å²) in [6.45, 7) is 0. The first-order valence-electron chi connectivity index (χ1n) is 9.65. The molecule has 3 aromatic rings. The maximum Gasteiger partial charge on any atom is 0.234 e. The Bertz CT molecular complexity index is 1000. The van der Waals surface area contributed by atoms with Gasteiger partial charge < -0.3 is 20.1 Å². The van der Waals surface area contributed by atoms with Crippen molar-refractivity contribution in [2.45, 2.75) is 11.3 Å². The molecule has 3 aromatic carbocycles. The molecule has 2 N–H and O–H groups in total. The molecule has 0 saturated heterocycles. The minimum absolute atomic E-state index is 0.0697. The first-order valence-corrected chi connectivity index (χ1v) is 10.6. The maximum absolute atomic E-state index is 12.3. The van der Waals surface area contributed by atoms with Crippen LogP contribution in [-0.2, 0) is 16.0 Å². The number of carbonyl (C=O) groups is 2. The van der Waals surface area contributed by atoms with Gasteiger partial charge in [-0.2, -0.15) is 0 Å². The predicted octanol–water partition coefficient (Wildman–Crippen LogP) is 4.62. The number of amides is 2. The number of benzene rings is 3. The molecule has 7 heteroatoms. The number of hydrogen-bond donors (Lipinski definition) is 2. The molecule has 0 radical (unpaired) electrons. The van der Waals surface area contributed by atoms with Gasteiger partial charge in [-0.05, 0) is 29.8 Å². The lowest BCUT2D eigenvalue weighted by molar-refractivity contribution is -0.115. The third kappa shape index (κ3) is 7.08. The van der Waals surface area contributed by atoms with Gasteiger partial charge in [-0.3, -0.25) is 9.59 Å². The summed E-state index contributed by atoms with van der Waals surface area (Å²) in [6, 6.07) is 22.2. The van der Waals surface area contributed by atoms with Crippen molar-refractivity contribution in [1.29, 1.82) is 0 Å². The van der Waals surface area contributed by atoms with Crippen LogP contribution in [0, 0.1) is 0 Å². The van der Waals surface area contributed by atoms with Gasteiger partial charge in [-0.25, -0.2) is 0 Å². The Kier molecular flexibility index (Phi) is 7.95. The number of ether oxygens (including phenoxy) is 2. The molecule has 0 saturated carbocycles. The van der Waals surface area contributed by atoms with Crippen LogP contribution in [0.15, 0.2) is 77.7 Å². The lowest BCUT2D eigenvalue weighted by atomic mass is 10.1. The Hall–Kier alpha value is -3.45. The van der Waals surface area contributed by atoms with E-state index in [0.717, 1.165) is 16.1 Å². The summed E-state index contributed by atoms with van der Waals surface area (Å²) in [7, 11) is 3.12. The van der Waals surface area contributed by atoms with Crippen molar-refractivity contribution >= 4 is 35.0 Å². The van der Waals surface area contributed by atoms with Crippen LogP contribution < -0.4 is 20.1 Å². The molecule has 0 aliphatic heterocycles. The number of carbonyl (C=O) groups excluding carboxylic acids is 2. The quantitative estimate of drug-likeness (QED) is 0.479. The van der Waals surface area contributed by atoms with E-state index in [0.29, 0.717) is 23.6 Å². The van der Waals surface area contributed by atoms with E-state index in [1.807, 2.05) is 54.6 Å². The van der Waals surface area contributed by atoms with Crippen molar-refractivity contribution in [1.82, 2.24) is 0 Å². The van der Waals surface area contributed by atoms with Gasteiger partial charge in [-0.15, -0.1) is 11.8 Å². The topological polar surface area (TPSA) is 76.7 Å². The van der Waals surface area contributed by atoms with E-state index in [1.54, 1.807) is 32.4 Å². The minimum atomic E-state index is -0.138. The van der Waals surface area contributed by atoms with Gasteiger partial charge in [0.25, 0.3) is 0 Å². The van der Waals surface area contributed by atoms with E-state index >= 15 is 0 Å². The Labute approximate surface area is 186 Å². The van der Waals surface area contributed by atoms with Crippen molar-refractivity contribution in [3.05, 3.63) is 78.4 Å². The van der Waals surface area contributed by atoms with E-state index in [2.05, 4.69) is 10.6 Å². The summed E-state index contributed by atoms with van der Waals surface area (Å²) in [4.78, 5) is 25.4. The molecule has 6 nitrogen and oxygen atoms in total. The number of nitrogens with one attached hydrogen (secondary N) is 2. The van der Waals surface area contributed by atoms with Gasteiger partial charge in [0, 0.05) is 34.5 Å². The first-order chi connectivity index (χ1) is 15.1. The fourth-order valence-electron chi connectivity index (χ4n) is 2.85. The van der Waals surface area contributed by atoms with Crippen LogP contribution in [0.1, 0.15) is 5.56 Å². The highest BCUT2D eigenvalue weighted by Gasteiger charge is 2.08. The van der Waals surface area contributed by atoms with E-state index in [4.69, 9.17) is 9.47 Å². The Balaban J connectivity index is 1.48. The SMILES string of the molecule is COc1cc(NC(=O)CSc2ccc(NC(=O)Cc3ccccc3)cc2)cc(OC)c1. The van der Waals surface area contributed by atoms with Gasteiger partial charge in [0.05, 0.1) is 26.4 Å². The van der Waals surface area contributed by atoms with Gasteiger partial charge in [-0.1, -0.05) is 30.3 Å². The zero-order valence-corrected chi connectivity index (χ0v) is 18.2. The second-order valence-corrected chi connectivity index (χ2v) is 7.72. The lowest BCUT2D eigenvalue weighted by Gasteiger charge is -2.10. The van der Waals surface area contributed by atoms with Crippen LogP contribution in [0.25, 0.3) is 0 Å². The molecule has 0 fully saturated rings.